The quantitative estimate of drug-likeness (QED) is 0.186. The van der Waals surface area contributed by atoms with Crippen LogP contribution in [-0.4, -0.2) is 21.4 Å². The van der Waals surface area contributed by atoms with Crippen LogP contribution >= 0.6 is 27.5 Å². The first-order chi connectivity index (χ1) is 17.3. The molecule has 13 heteroatoms. The van der Waals surface area contributed by atoms with Crippen molar-refractivity contribution >= 4 is 55.3 Å². The Morgan fingerprint density at radius 1 is 1.14 bits per heavy atom. The van der Waals surface area contributed by atoms with Crippen LogP contribution in [-0.2, 0) is 21.1 Å². The smallest absolute Gasteiger partial charge is 0.416 e. The van der Waals surface area contributed by atoms with Gasteiger partial charge in [-0.15, -0.1) is 0 Å². The summed E-state index contributed by atoms with van der Waals surface area (Å²) < 4.78 is 74.7. The average Bonchev–Trinajstić information content (AvgIpc) is 2.83. The molecule has 0 radical (unpaired) electrons. The highest BCUT2D eigenvalue weighted by Gasteiger charge is 2.30. The molecule has 3 aromatic carbocycles. The molecule has 0 bridgehead atoms. The fourth-order valence-corrected chi connectivity index (χ4v) is 4.68. The molecule has 0 atom stereocenters. The highest BCUT2D eigenvalue weighted by atomic mass is 79.9. The number of methoxy groups -OCH3 is 1. The Kier molecular flexibility index (Phi) is 8.53. The van der Waals surface area contributed by atoms with Crippen molar-refractivity contribution in [2.75, 3.05) is 12.4 Å². The number of carbonyl (C=O) groups excluding carboxylic acids is 1. The van der Waals surface area contributed by atoms with Gasteiger partial charge in [-0.1, -0.05) is 17.7 Å². The summed E-state index contributed by atoms with van der Waals surface area (Å²) in [6.45, 7) is 0. The van der Waals surface area contributed by atoms with Gasteiger partial charge in [0.05, 0.1) is 17.1 Å². The van der Waals surface area contributed by atoms with Crippen molar-refractivity contribution in [2.24, 2.45) is 0 Å². The van der Waals surface area contributed by atoms with Crippen LogP contribution in [0.1, 0.15) is 11.1 Å². The summed E-state index contributed by atoms with van der Waals surface area (Å²) in [5.41, 5.74) is -1.33. The zero-order chi connectivity index (χ0) is 27.4. The predicted octanol–water partition coefficient (Wildman–Crippen LogP) is 6.44. The number of halogens is 5. The SMILES string of the molecule is COc1cc(/C=C(\C#N)C(=O)Nc2cccc(C(F)(F)F)c2)cc(Br)c1OS(=O)(=O)c1ccc(Cl)cc1. The van der Waals surface area contributed by atoms with Crippen molar-refractivity contribution < 1.29 is 35.3 Å². The Labute approximate surface area is 223 Å². The van der Waals surface area contributed by atoms with E-state index in [-0.39, 0.29) is 32.1 Å². The summed E-state index contributed by atoms with van der Waals surface area (Å²) in [5, 5.41) is 12.0. The predicted molar refractivity (Wildman–Crippen MR) is 134 cm³/mol. The molecule has 0 aromatic heterocycles. The molecule has 0 aliphatic heterocycles. The molecule has 0 heterocycles. The number of anilines is 1. The van der Waals surface area contributed by atoms with Crippen LogP contribution in [0.3, 0.4) is 0 Å². The lowest BCUT2D eigenvalue weighted by atomic mass is 10.1. The normalized spacial score (nSPS) is 12.0. The van der Waals surface area contributed by atoms with E-state index in [1.807, 2.05) is 0 Å². The molecule has 0 saturated carbocycles. The molecule has 7 nitrogen and oxygen atoms in total. The molecule has 3 aromatic rings. The lowest BCUT2D eigenvalue weighted by Crippen LogP contribution is -2.14. The molecule has 0 aliphatic carbocycles. The molecule has 0 fully saturated rings. The summed E-state index contributed by atoms with van der Waals surface area (Å²) in [7, 11) is -3.02. The van der Waals surface area contributed by atoms with Crippen molar-refractivity contribution in [2.45, 2.75) is 11.1 Å². The topological polar surface area (TPSA) is 105 Å². The number of ether oxygens (including phenoxy) is 1. The van der Waals surface area contributed by atoms with Crippen molar-refractivity contribution in [1.29, 1.82) is 5.26 Å². The second-order valence-corrected chi connectivity index (χ2v) is 10.1. The molecule has 37 heavy (non-hydrogen) atoms. The van der Waals surface area contributed by atoms with Crippen molar-refractivity contribution in [3.63, 3.8) is 0 Å². The van der Waals surface area contributed by atoms with Gasteiger partial charge in [-0.2, -0.15) is 26.9 Å². The number of benzene rings is 3. The number of nitrogens with one attached hydrogen (secondary N) is 1. The van der Waals surface area contributed by atoms with Gasteiger partial charge in [-0.05, 0) is 82.2 Å². The Morgan fingerprint density at radius 3 is 2.41 bits per heavy atom. The summed E-state index contributed by atoms with van der Waals surface area (Å²) in [6.07, 6.45) is -3.46. The number of nitriles is 1. The van der Waals surface area contributed by atoms with Crippen LogP contribution in [0.5, 0.6) is 11.5 Å². The molecule has 1 N–H and O–H groups in total. The van der Waals surface area contributed by atoms with Crippen molar-refractivity contribution in [3.8, 4) is 17.6 Å². The second kappa shape index (κ2) is 11.2. The van der Waals surface area contributed by atoms with Crippen LogP contribution in [0.4, 0.5) is 18.9 Å². The standard InChI is InChI=1S/C24H15BrClF3N2O5S/c1-35-21-11-14(10-20(25)22(21)36-37(33,34)19-7-5-17(26)6-8-19)9-15(13-30)23(32)31-18-4-2-3-16(12-18)24(27,28)29/h2-12H,1H3,(H,31,32)/b15-9+. The minimum atomic E-state index is -4.61. The van der Waals surface area contributed by atoms with E-state index in [4.69, 9.17) is 20.5 Å². The van der Waals surface area contributed by atoms with E-state index in [9.17, 15) is 31.6 Å². The first-order valence-electron chi connectivity index (χ1n) is 10.0. The lowest BCUT2D eigenvalue weighted by Gasteiger charge is -2.14. The third-order valence-electron chi connectivity index (χ3n) is 4.67. The van der Waals surface area contributed by atoms with E-state index in [0.29, 0.717) is 5.02 Å². The molecule has 192 valence electrons. The zero-order valence-corrected chi connectivity index (χ0v) is 21.8. The molecule has 1 amide bonds. The largest absolute Gasteiger partial charge is 0.493 e. The Hall–Kier alpha value is -3.53. The average molecular weight is 616 g/mol. The summed E-state index contributed by atoms with van der Waals surface area (Å²) in [4.78, 5) is 12.4. The van der Waals surface area contributed by atoms with E-state index in [2.05, 4.69) is 21.2 Å². The van der Waals surface area contributed by atoms with Gasteiger partial charge < -0.3 is 14.2 Å². The van der Waals surface area contributed by atoms with Gasteiger partial charge in [0.25, 0.3) is 5.91 Å². The molecule has 0 unspecified atom stereocenters. The van der Waals surface area contributed by atoms with Crippen LogP contribution in [0.25, 0.3) is 6.08 Å². The highest BCUT2D eigenvalue weighted by Crippen LogP contribution is 2.39. The van der Waals surface area contributed by atoms with Gasteiger partial charge in [0, 0.05) is 10.7 Å². The van der Waals surface area contributed by atoms with Crippen LogP contribution < -0.4 is 14.2 Å². The first kappa shape index (κ1) is 28.0. The number of amides is 1. The molecule has 0 aliphatic rings. The van der Waals surface area contributed by atoms with E-state index in [1.54, 1.807) is 6.07 Å². The molecular formula is C24H15BrClF3N2O5S. The first-order valence-corrected chi connectivity index (χ1v) is 12.6. The Bertz CT molecular complexity index is 1520. The number of nitrogens with zero attached hydrogens (tertiary/aromatic N) is 1. The number of alkyl halides is 3. The van der Waals surface area contributed by atoms with Gasteiger partial charge in [0.2, 0.25) is 0 Å². The van der Waals surface area contributed by atoms with Gasteiger partial charge in [0.1, 0.15) is 16.5 Å². The minimum absolute atomic E-state index is 0.0475. The summed E-state index contributed by atoms with van der Waals surface area (Å²) >= 11 is 8.99. The molecule has 0 saturated heterocycles. The van der Waals surface area contributed by atoms with E-state index in [1.165, 1.54) is 49.6 Å². The third kappa shape index (κ3) is 7.03. The van der Waals surface area contributed by atoms with Gasteiger partial charge in [-0.3, -0.25) is 4.79 Å². The number of hydrogen-bond donors (Lipinski definition) is 1. The van der Waals surface area contributed by atoms with Crippen LogP contribution in [0.15, 0.2) is 75.6 Å². The fourth-order valence-electron chi connectivity index (χ4n) is 2.95. The minimum Gasteiger partial charge on any atom is -0.493 e. The van der Waals surface area contributed by atoms with Crippen LogP contribution in [0, 0.1) is 11.3 Å². The van der Waals surface area contributed by atoms with E-state index >= 15 is 0 Å². The third-order valence-corrected chi connectivity index (χ3v) is 6.75. The highest BCUT2D eigenvalue weighted by molar-refractivity contribution is 9.10. The fraction of sp³-hybridized carbons (Fsp3) is 0.0833. The summed E-state index contributed by atoms with van der Waals surface area (Å²) in [6, 6.07) is 13.6. The van der Waals surface area contributed by atoms with E-state index in [0.717, 1.165) is 24.3 Å². The number of hydrogen-bond acceptors (Lipinski definition) is 6. The maximum absolute atomic E-state index is 12.9. The Balaban J connectivity index is 1.89. The molecular weight excluding hydrogens is 601 g/mol. The molecule has 3 rings (SSSR count). The lowest BCUT2D eigenvalue weighted by molar-refractivity contribution is -0.137. The zero-order valence-electron chi connectivity index (χ0n) is 18.6. The monoisotopic (exact) mass is 614 g/mol. The molecule has 0 spiro atoms. The van der Waals surface area contributed by atoms with Crippen molar-refractivity contribution in [1.82, 2.24) is 0 Å². The van der Waals surface area contributed by atoms with E-state index < -0.39 is 33.3 Å². The maximum Gasteiger partial charge on any atom is 0.416 e. The van der Waals surface area contributed by atoms with Gasteiger partial charge in [0.15, 0.2) is 11.5 Å². The second-order valence-electron chi connectivity index (χ2n) is 7.23. The van der Waals surface area contributed by atoms with Crippen molar-refractivity contribution in [3.05, 3.63) is 86.9 Å². The number of rotatable bonds is 7. The van der Waals surface area contributed by atoms with Gasteiger partial charge >= 0.3 is 16.3 Å². The maximum atomic E-state index is 12.9. The summed E-state index contributed by atoms with van der Waals surface area (Å²) in [5.74, 6) is -1.20. The van der Waals surface area contributed by atoms with Crippen LogP contribution in [0.2, 0.25) is 5.02 Å². The Morgan fingerprint density at radius 2 is 1.81 bits per heavy atom. The number of carbonyl (C=O) groups is 1. The van der Waals surface area contributed by atoms with Gasteiger partial charge in [-0.25, -0.2) is 0 Å².